The fourth-order valence-electron chi connectivity index (χ4n) is 1.40. The second kappa shape index (κ2) is 5.69. The standard InChI is InChI=1S/C9H3F6N3O5/c10-8(11,12)4-1-3(17(20)21)2-5(18(22)23)6(4)16-7(19)9(13,14)15/h1-2H,(H,16,19). The van der Waals surface area contributed by atoms with Crippen LogP contribution in [0.1, 0.15) is 5.56 Å². The number of rotatable bonds is 3. The third kappa shape index (κ3) is 4.04. The van der Waals surface area contributed by atoms with Gasteiger partial charge in [-0.25, -0.2) is 0 Å². The fourth-order valence-corrected chi connectivity index (χ4v) is 1.40. The Bertz CT molecular complexity index is 683. The second-order valence-corrected chi connectivity index (χ2v) is 3.85. The molecule has 0 aromatic heterocycles. The van der Waals surface area contributed by atoms with E-state index in [0.29, 0.717) is 0 Å². The van der Waals surface area contributed by atoms with Crippen LogP contribution >= 0.6 is 0 Å². The molecule has 0 aliphatic carbocycles. The molecule has 0 aliphatic heterocycles. The molecule has 0 bridgehead atoms. The van der Waals surface area contributed by atoms with E-state index in [0.717, 1.165) is 5.32 Å². The number of hydrogen-bond acceptors (Lipinski definition) is 5. The van der Waals surface area contributed by atoms with E-state index in [2.05, 4.69) is 0 Å². The summed E-state index contributed by atoms with van der Waals surface area (Å²) in [5.74, 6) is -2.90. The van der Waals surface area contributed by atoms with Gasteiger partial charge in [-0.2, -0.15) is 26.3 Å². The highest BCUT2D eigenvalue weighted by Crippen LogP contribution is 2.42. The van der Waals surface area contributed by atoms with Crippen LogP contribution in [0.4, 0.5) is 43.4 Å². The van der Waals surface area contributed by atoms with Gasteiger partial charge in [0.15, 0.2) is 0 Å². The Morgan fingerprint density at radius 1 is 1.00 bits per heavy atom. The van der Waals surface area contributed by atoms with Gasteiger partial charge in [0.05, 0.1) is 21.5 Å². The molecule has 0 aliphatic rings. The predicted molar refractivity (Wildman–Crippen MR) is 59.4 cm³/mol. The van der Waals surface area contributed by atoms with Gasteiger partial charge in [-0.15, -0.1) is 0 Å². The first-order valence-electron chi connectivity index (χ1n) is 5.17. The van der Waals surface area contributed by atoms with Crippen molar-refractivity contribution in [3.05, 3.63) is 37.9 Å². The van der Waals surface area contributed by atoms with Crippen molar-refractivity contribution in [1.29, 1.82) is 0 Å². The summed E-state index contributed by atoms with van der Waals surface area (Å²) in [6.07, 6.45) is -11.1. The van der Waals surface area contributed by atoms with Crippen molar-refractivity contribution in [3.8, 4) is 0 Å². The highest BCUT2D eigenvalue weighted by Gasteiger charge is 2.44. The van der Waals surface area contributed by atoms with E-state index in [-0.39, 0.29) is 12.1 Å². The van der Waals surface area contributed by atoms with Gasteiger partial charge in [0.1, 0.15) is 5.69 Å². The maximum absolute atomic E-state index is 12.8. The van der Waals surface area contributed by atoms with Gasteiger partial charge in [0, 0.05) is 6.07 Å². The lowest BCUT2D eigenvalue weighted by Gasteiger charge is -2.14. The Kier molecular flexibility index (Phi) is 4.49. The largest absolute Gasteiger partial charge is 0.471 e. The number of nitrogens with one attached hydrogen (secondary N) is 1. The third-order valence-corrected chi connectivity index (χ3v) is 2.31. The fraction of sp³-hybridized carbons (Fsp3) is 0.222. The lowest BCUT2D eigenvalue weighted by atomic mass is 10.1. The quantitative estimate of drug-likeness (QED) is 0.513. The molecule has 1 N–H and O–H groups in total. The summed E-state index contributed by atoms with van der Waals surface area (Å²) in [6, 6.07) is -0.222. The first-order valence-corrected chi connectivity index (χ1v) is 5.17. The van der Waals surface area contributed by atoms with E-state index >= 15 is 0 Å². The lowest BCUT2D eigenvalue weighted by Crippen LogP contribution is -2.31. The van der Waals surface area contributed by atoms with Crippen molar-refractivity contribution in [1.82, 2.24) is 0 Å². The maximum Gasteiger partial charge on any atom is 0.471 e. The molecular formula is C9H3F6N3O5. The number of halogens is 6. The minimum Gasteiger partial charge on any atom is -0.312 e. The van der Waals surface area contributed by atoms with Crippen molar-refractivity contribution < 1.29 is 41.0 Å². The number of non-ortho nitro benzene ring substituents is 1. The SMILES string of the molecule is O=C(Nc1c([N+](=O)[O-])cc([N+](=O)[O-])cc1C(F)(F)F)C(F)(F)F. The lowest BCUT2D eigenvalue weighted by molar-refractivity contribution is -0.394. The molecule has 0 saturated carbocycles. The molecule has 1 aromatic carbocycles. The molecule has 23 heavy (non-hydrogen) atoms. The van der Waals surface area contributed by atoms with Crippen LogP contribution in [-0.2, 0) is 11.0 Å². The van der Waals surface area contributed by atoms with Crippen LogP contribution in [-0.4, -0.2) is 21.9 Å². The van der Waals surface area contributed by atoms with E-state index in [1.165, 1.54) is 0 Å². The molecule has 126 valence electrons. The van der Waals surface area contributed by atoms with E-state index in [1.807, 2.05) is 0 Å². The van der Waals surface area contributed by atoms with Crippen LogP contribution in [0.15, 0.2) is 12.1 Å². The van der Waals surface area contributed by atoms with Crippen molar-refractivity contribution in [2.45, 2.75) is 12.4 Å². The first kappa shape index (κ1) is 18.1. The summed E-state index contributed by atoms with van der Waals surface area (Å²) in [6.45, 7) is 0. The summed E-state index contributed by atoms with van der Waals surface area (Å²) in [7, 11) is 0. The molecule has 0 fully saturated rings. The average molecular weight is 347 g/mol. The zero-order chi connectivity index (χ0) is 18.2. The summed E-state index contributed by atoms with van der Waals surface area (Å²) >= 11 is 0. The molecule has 0 radical (unpaired) electrons. The van der Waals surface area contributed by atoms with Crippen LogP contribution in [0, 0.1) is 20.2 Å². The van der Waals surface area contributed by atoms with Crippen LogP contribution in [0.2, 0.25) is 0 Å². The number of nitro benzene ring substituents is 2. The third-order valence-electron chi connectivity index (χ3n) is 2.31. The van der Waals surface area contributed by atoms with Gasteiger partial charge in [-0.05, 0) is 0 Å². The van der Waals surface area contributed by atoms with E-state index in [1.54, 1.807) is 0 Å². The number of hydrogen-bond donors (Lipinski definition) is 1. The number of nitrogens with zero attached hydrogens (tertiary/aromatic N) is 2. The van der Waals surface area contributed by atoms with Gasteiger partial charge >= 0.3 is 18.3 Å². The molecule has 1 amide bonds. The van der Waals surface area contributed by atoms with Crippen LogP contribution in [0.5, 0.6) is 0 Å². The number of benzene rings is 1. The highest BCUT2D eigenvalue weighted by atomic mass is 19.4. The summed E-state index contributed by atoms with van der Waals surface area (Å²) < 4.78 is 74.8. The Balaban J connectivity index is 3.67. The number of nitro groups is 2. The summed E-state index contributed by atoms with van der Waals surface area (Å²) in [5.41, 5.74) is -7.08. The van der Waals surface area contributed by atoms with E-state index in [9.17, 15) is 51.4 Å². The summed E-state index contributed by atoms with van der Waals surface area (Å²) in [5, 5.41) is 21.9. The number of alkyl halides is 6. The monoisotopic (exact) mass is 347 g/mol. The maximum atomic E-state index is 12.8. The Morgan fingerprint density at radius 3 is 1.87 bits per heavy atom. The molecule has 0 spiro atoms. The van der Waals surface area contributed by atoms with Crippen LogP contribution < -0.4 is 5.32 Å². The Morgan fingerprint density at radius 2 is 1.52 bits per heavy atom. The molecule has 14 heteroatoms. The minimum absolute atomic E-state index is 0.00122. The normalized spacial score (nSPS) is 11.9. The highest BCUT2D eigenvalue weighted by molar-refractivity contribution is 5.98. The van der Waals surface area contributed by atoms with Crippen LogP contribution in [0.3, 0.4) is 0 Å². The number of carbonyl (C=O) groups excluding carboxylic acids is 1. The predicted octanol–water partition coefficient (Wildman–Crippen LogP) is 3.02. The Hall–Kier alpha value is -2.93. The van der Waals surface area contributed by atoms with Gasteiger partial charge in [0.25, 0.3) is 11.4 Å². The van der Waals surface area contributed by atoms with Gasteiger partial charge in [0.2, 0.25) is 0 Å². The molecule has 1 rings (SSSR count). The molecule has 0 heterocycles. The topological polar surface area (TPSA) is 115 Å². The molecule has 0 saturated heterocycles. The van der Waals surface area contributed by atoms with Gasteiger partial charge in [-0.3, -0.25) is 25.0 Å². The minimum atomic E-state index is -5.63. The molecule has 1 aromatic rings. The molecule has 0 unspecified atom stereocenters. The number of anilines is 1. The Labute approximate surface area is 121 Å². The van der Waals surface area contributed by atoms with Gasteiger partial charge < -0.3 is 5.32 Å². The van der Waals surface area contributed by atoms with Crippen molar-refractivity contribution in [2.75, 3.05) is 5.32 Å². The van der Waals surface area contributed by atoms with Crippen molar-refractivity contribution in [2.24, 2.45) is 0 Å². The summed E-state index contributed by atoms with van der Waals surface area (Å²) in [4.78, 5) is 28.9. The van der Waals surface area contributed by atoms with E-state index in [4.69, 9.17) is 0 Å². The zero-order valence-electron chi connectivity index (χ0n) is 10.4. The van der Waals surface area contributed by atoms with Crippen molar-refractivity contribution in [3.63, 3.8) is 0 Å². The molecular weight excluding hydrogens is 344 g/mol. The zero-order valence-corrected chi connectivity index (χ0v) is 10.4. The number of carbonyl (C=O) groups is 1. The first-order chi connectivity index (χ1) is 10.2. The molecule has 8 nitrogen and oxygen atoms in total. The second-order valence-electron chi connectivity index (χ2n) is 3.85. The number of amides is 1. The van der Waals surface area contributed by atoms with Crippen molar-refractivity contribution >= 4 is 23.0 Å². The van der Waals surface area contributed by atoms with E-state index < -0.39 is 50.7 Å². The van der Waals surface area contributed by atoms with Gasteiger partial charge in [-0.1, -0.05) is 0 Å². The van der Waals surface area contributed by atoms with Crippen LogP contribution in [0.25, 0.3) is 0 Å². The smallest absolute Gasteiger partial charge is 0.312 e. The average Bonchev–Trinajstić information content (AvgIpc) is 2.35. The molecule has 0 atom stereocenters.